The third kappa shape index (κ3) is 6.56. The van der Waals surface area contributed by atoms with Crippen molar-refractivity contribution in [1.82, 2.24) is 0 Å². The minimum Gasteiger partial charge on any atom is -0.417 e. The Morgan fingerprint density at radius 1 is 0.917 bits per heavy atom. The van der Waals surface area contributed by atoms with Crippen LogP contribution in [-0.4, -0.2) is 42.1 Å². The van der Waals surface area contributed by atoms with Crippen molar-refractivity contribution in [2.24, 2.45) is 0 Å². The largest absolute Gasteiger partial charge is 0.417 e. The third-order valence-electron chi connectivity index (χ3n) is 6.18. The lowest BCUT2D eigenvalue weighted by Crippen LogP contribution is -2.45. The van der Waals surface area contributed by atoms with E-state index in [1.807, 2.05) is 0 Å². The van der Waals surface area contributed by atoms with E-state index in [0.29, 0.717) is 11.1 Å². The van der Waals surface area contributed by atoms with Gasteiger partial charge >= 0.3 is 0 Å². The highest BCUT2D eigenvalue weighted by Crippen LogP contribution is 2.39. The van der Waals surface area contributed by atoms with Gasteiger partial charge in [0.05, 0.1) is 12.7 Å². The Labute approximate surface area is 153 Å². The van der Waals surface area contributed by atoms with Crippen molar-refractivity contribution in [3.8, 4) is 0 Å². The lowest BCUT2D eigenvalue weighted by molar-refractivity contribution is 0.129. The molecule has 0 bridgehead atoms. The van der Waals surface area contributed by atoms with Crippen LogP contribution in [0.2, 0.25) is 36.3 Å². The number of hydrogen-bond donors (Lipinski definition) is 0. The average Bonchev–Trinajstić information content (AvgIpc) is 3.18. The summed E-state index contributed by atoms with van der Waals surface area (Å²) in [5.41, 5.74) is 0. The van der Waals surface area contributed by atoms with Crippen LogP contribution in [0.4, 0.5) is 0 Å². The lowest BCUT2D eigenvalue weighted by Gasteiger charge is -2.39. The van der Waals surface area contributed by atoms with Gasteiger partial charge in [0.25, 0.3) is 0 Å². The van der Waals surface area contributed by atoms with Crippen molar-refractivity contribution in [2.45, 2.75) is 109 Å². The van der Waals surface area contributed by atoms with E-state index in [1.54, 1.807) is 0 Å². The fraction of sp³-hybridized carbons (Fsp3) is 1.00. The van der Waals surface area contributed by atoms with Crippen molar-refractivity contribution in [3.63, 3.8) is 0 Å². The Morgan fingerprint density at radius 2 is 1.42 bits per heavy atom. The van der Waals surface area contributed by atoms with Crippen molar-refractivity contribution in [2.75, 3.05) is 13.2 Å². The minimum atomic E-state index is -1.72. The van der Waals surface area contributed by atoms with Crippen LogP contribution in [0.5, 0.6) is 0 Å². The first-order valence-corrected chi connectivity index (χ1v) is 15.4. The average molecular weight is 375 g/mol. The zero-order chi connectivity index (χ0) is 18.8. The third-order valence-corrected chi connectivity index (χ3v) is 15.2. The van der Waals surface area contributed by atoms with E-state index in [4.69, 9.17) is 13.6 Å². The molecule has 1 saturated heterocycles. The highest BCUT2D eigenvalue weighted by Gasteiger charge is 2.43. The second kappa shape index (κ2) is 7.91. The number of unbranched alkanes of at least 4 members (excludes halogenated alkanes) is 1. The molecule has 2 atom stereocenters. The molecule has 1 heterocycles. The normalized spacial score (nSPS) is 21.0. The molecule has 1 aliphatic rings. The summed E-state index contributed by atoms with van der Waals surface area (Å²) in [4.78, 5) is 0. The zero-order valence-corrected chi connectivity index (χ0v) is 19.9. The molecule has 0 amide bonds. The van der Waals surface area contributed by atoms with Crippen LogP contribution >= 0.6 is 0 Å². The van der Waals surface area contributed by atoms with Crippen molar-refractivity contribution >= 4 is 16.6 Å². The monoisotopic (exact) mass is 374 g/mol. The topological polar surface area (TPSA) is 31.0 Å². The summed E-state index contributed by atoms with van der Waals surface area (Å²) in [6, 6.07) is 0. The lowest BCUT2D eigenvalue weighted by atomic mass is 10.1. The van der Waals surface area contributed by atoms with Crippen LogP contribution in [0, 0.1) is 0 Å². The quantitative estimate of drug-likeness (QED) is 0.283. The second-order valence-electron chi connectivity index (χ2n) is 10.4. The molecule has 24 heavy (non-hydrogen) atoms. The molecule has 0 radical (unpaired) electrons. The number of epoxide rings is 1. The summed E-state index contributed by atoms with van der Waals surface area (Å²) in [5, 5.41) is 0.550. The van der Waals surface area contributed by atoms with Crippen LogP contribution in [0.25, 0.3) is 0 Å². The van der Waals surface area contributed by atoms with E-state index in [1.165, 1.54) is 0 Å². The van der Waals surface area contributed by atoms with Gasteiger partial charge in [0.1, 0.15) is 6.10 Å². The van der Waals surface area contributed by atoms with Crippen LogP contribution in [0.3, 0.4) is 0 Å². The number of rotatable bonds is 9. The molecule has 0 unspecified atom stereocenters. The van der Waals surface area contributed by atoms with Gasteiger partial charge in [-0.1, -0.05) is 41.5 Å². The predicted molar refractivity (Wildman–Crippen MR) is 109 cm³/mol. The first-order chi connectivity index (χ1) is 10.7. The first-order valence-electron chi connectivity index (χ1n) is 9.61. The smallest absolute Gasteiger partial charge is 0.192 e. The van der Waals surface area contributed by atoms with Gasteiger partial charge in [-0.25, -0.2) is 0 Å². The van der Waals surface area contributed by atoms with Crippen molar-refractivity contribution in [1.29, 1.82) is 0 Å². The standard InChI is InChI=1S/C19H42O3Si2/c1-18(2,3)23(7,8)21-14-12-11-13-16(17-15-20-17)22-24(9,10)19(4,5)6/h16-17H,11-15H2,1-10H3/t16-,17+/m0/s1. The summed E-state index contributed by atoms with van der Waals surface area (Å²) >= 11 is 0. The van der Waals surface area contributed by atoms with Gasteiger partial charge in [0.2, 0.25) is 0 Å². The molecule has 1 fully saturated rings. The summed E-state index contributed by atoms with van der Waals surface area (Å²) in [7, 11) is -3.32. The van der Waals surface area contributed by atoms with Gasteiger partial charge in [-0.05, 0) is 55.5 Å². The Morgan fingerprint density at radius 3 is 1.83 bits per heavy atom. The highest BCUT2D eigenvalue weighted by atomic mass is 28.4. The molecular weight excluding hydrogens is 332 g/mol. The summed E-state index contributed by atoms with van der Waals surface area (Å²) < 4.78 is 18.5. The van der Waals surface area contributed by atoms with Gasteiger partial charge in [0.15, 0.2) is 16.6 Å². The maximum Gasteiger partial charge on any atom is 0.192 e. The fourth-order valence-electron chi connectivity index (χ4n) is 2.14. The summed E-state index contributed by atoms with van der Waals surface area (Å²) in [6.07, 6.45) is 3.99. The summed E-state index contributed by atoms with van der Waals surface area (Å²) in [6.45, 7) is 24.9. The second-order valence-corrected chi connectivity index (χ2v) is 20.0. The SMILES string of the molecule is CC(C)(C)[Si](C)(C)OCCCC[C@H](O[Si](C)(C)C(C)(C)C)[C@H]1CO1. The molecule has 1 rings (SSSR count). The maximum absolute atomic E-state index is 6.61. The molecule has 0 aliphatic carbocycles. The van der Waals surface area contributed by atoms with Gasteiger partial charge in [-0.2, -0.15) is 0 Å². The van der Waals surface area contributed by atoms with E-state index in [2.05, 4.69) is 67.7 Å². The van der Waals surface area contributed by atoms with Gasteiger partial charge < -0.3 is 13.6 Å². The van der Waals surface area contributed by atoms with Gasteiger partial charge in [-0.15, -0.1) is 0 Å². The first kappa shape index (κ1) is 22.4. The molecule has 144 valence electrons. The summed E-state index contributed by atoms with van der Waals surface area (Å²) in [5.74, 6) is 0. The van der Waals surface area contributed by atoms with Crippen LogP contribution in [-0.2, 0) is 13.6 Å². The Balaban J connectivity index is 2.39. The molecule has 0 N–H and O–H groups in total. The van der Waals surface area contributed by atoms with Crippen molar-refractivity contribution < 1.29 is 13.6 Å². The van der Waals surface area contributed by atoms with E-state index in [0.717, 1.165) is 32.5 Å². The van der Waals surface area contributed by atoms with Gasteiger partial charge in [-0.3, -0.25) is 0 Å². The molecular formula is C19H42O3Si2. The van der Waals surface area contributed by atoms with E-state index in [9.17, 15) is 0 Å². The van der Waals surface area contributed by atoms with Crippen molar-refractivity contribution in [3.05, 3.63) is 0 Å². The zero-order valence-electron chi connectivity index (χ0n) is 17.9. The van der Waals surface area contributed by atoms with Crippen LogP contribution < -0.4 is 0 Å². The molecule has 0 spiro atoms. The Kier molecular flexibility index (Phi) is 7.37. The number of ether oxygens (including phenoxy) is 1. The molecule has 3 nitrogen and oxygen atoms in total. The van der Waals surface area contributed by atoms with E-state index < -0.39 is 16.6 Å². The molecule has 0 aromatic carbocycles. The van der Waals surface area contributed by atoms with Crippen LogP contribution in [0.15, 0.2) is 0 Å². The Hall–Kier alpha value is 0.314. The molecule has 0 aromatic rings. The highest BCUT2D eigenvalue weighted by molar-refractivity contribution is 6.74. The number of hydrogen-bond acceptors (Lipinski definition) is 3. The molecule has 1 aliphatic heterocycles. The molecule has 0 aromatic heterocycles. The predicted octanol–water partition coefficient (Wildman–Crippen LogP) is 5.97. The van der Waals surface area contributed by atoms with E-state index >= 15 is 0 Å². The maximum atomic E-state index is 6.61. The van der Waals surface area contributed by atoms with Gasteiger partial charge in [0, 0.05) is 6.61 Å². The van der Waals surface area contributed by atoms with Crippen LogP contribution in [0.1, 0.15) is 60.8 Å². The molecule has 5 heteroatoms. The molecule has 0 saturated carbocycles. The minimum absolute atomic E-state index is 0.256. The Bertz CT molecular complexity index is 390. The fourth-order valence-corrected chi connectivity index (χ4v) is 4.61. The van der Waals surface area contributed by atoms with E-state index in [-0.39, 0.29) is 11.1 Å².